The molecule has 0 bridgehead atoms. The van der Waals surface area contributed by atoms with Crippen LogP contribution in [0.2, 0.25) is 0 Å². The molecule has 0 fully saturated rings. The Morgan fingerprint density at radius 1 is 0.667 bits per heavy atom. The number of benzene rings is 4. The number of para-hydroxylation sites is 1. The van der Waals surface area contributed by atoms with Gasteiger partial charge in [0.1, 0.15) is 0 Å². The second kappa shape index (κ2) is 9.24. The van der Waals surface area contributed by atoms with Gasteiger partial charge in [0.25, 0.3) is 0 Å². The lowest BCUT2D eigenvalue weighted by Gasteiger charge is -2.39. The largest absolute Gasteiger partial charge is 0.309 e. The van der Waals surface area contributed by atoms with E-state index in [0.29, 0.717) is 5.92 Å². The highest BCUT2D eigenvalue weighted by molar-refractivity contribution is 6.10. The molecule has 6 aromatic rings. The van der Waals surface area contributed by atoms with Crippen LogP contribution in [0.15, 0.2) is 115 Å². The molecular weight excluding hydrogens is 472 g/mol. The van der Waals surface area contributed by atoms with Crippen LogP contribution in [0.4, 0.5) is 0 Å². The lowest BCUT2D eigenvalue weighted by molar-refractivity contribution is -0.762. The Labute approximate surface area is 231 Å². The van der Waals surface area contributed by atoms with Gasteiger partial charge in [-0.2, -0.15) is 4.57 Å². The summed E-state index contributed by atoms with van der Waals surface area (Å²) in [6.45, 7) is 7.07. The first-order valence-electron chi connectivity index (χ1n) is 14.4. The highest BCUT2D eigenvalue weighted by atomic mass is 15.1. The Morgan fingerprint density at radius 2 is 1.41 bits per heavy atom. The van der Waals surface area contributed by atoms with Gasteiger partial charge in [-0.05, 0) is 59.5 Å². The maximum absolute atomic E-state index is 2.59. The fourth-order valence-corrected chi connectivity index (χ4v) is 7.46. The molecule has 1 aliphatic rings. The van der Waals surface area contributed by atoms with Gasteiger partial charge in [0.05, 0.1) is 16.6 Å². The van der Waals surface area contributed by atoms with Crippen LogP contribution in [0.5, 0.6) is 0 Å². The van der Waals surface area contributed by atoms with Gasteiger partial charge in [0.15, 0.2) is 11.7 Å². The van der Waals surface area contributed by atoms with Crippen LogP contribution in [-0.4, -0.2) is 4.57 Å². The maximum Gasteiger partial charge on any atom is 0.213 e. The number of aromatic nitrogens is 2. The van der Waals surface area contributed by atoms with Crippen molar-refractivity contribution >= 4 is 21.8 Å². The Kier molecular flexibility index (Phi) is 5.66. The van der Waals surface area contributed by atoms with E-state index in [9.17, 15) is 0 Å². The van der Waals surface area contributed by atoms with E-state index in [1.165, 1.54) is 55.4 Å². The topological polar surface area (TPSA) is 8.81 Å². The summed E-state index contributed by atoms with van der Waals surface area (Å²) in [6, 6.07) is 40.4. The van der Waals surface area contributed by atoms with Crippen LogP contribution in [0.1, 0.15) is 51.5 Å². The number of rotatable bonds is 5. The second-order valence-electron chi connectivity index (χ2n) is 10.9. The molecule has 1 atom stereocenters. The van der Waals surface area contributed by atoms with Crippen molar-refractivity contribution in [2.24, 2.45) is 0 Å². The molecule has 2 nitrogen and oxygen atoms in total. The van der Waals surface area contributed by atoms with Crippen LogP contribution >= 0.6 is 0 Å². The normalized spacial score (nSPS) is 15.8. The predicted octanol–water partition coefficient (Wildman–Crippen LogP) is 9.43. The van der Waals surface area contributed by atoms with E-state index in [0.717, 1.165) is 19.3 Å². The van der Waals surface area contributed by atoms with Crippen molar-refractivity contribution in [3.05, 3.63) is 121 Å². The van der Waals surface area contributed by atoms with Gasteiger partial charge in [0, 0.05) is 47.4 Å². The lowest BCUT2D eigenvalue weighted by atomic mass is 9.69. The van der Waals surface area contributed by atoms with Gasteiger partial charge < -0.3 is 4.57 Å². The van der Waals surface area contributed by atoms with Gasteiger partial charge in [0.2, 0.25) is 5.69 Å². The smallest absolute Gasteiger partial charge is 0.213 e. The van der Waals surface area contributed by atoms with Gasteiger partial charge >= 0.3 is 0 Å². The molecule has 0 aliphatic carbocycles. The minimum atomic E-state index is 0.112. The van der Waals surface area contributed by atoms with Crippen LogP contribution in [0.25, 0.3) is 49.9 Å². The minimum Gasteiger partial charge on any atom is -0.309 e. The molecule has 7 rings (SSSR count). The molecule has 0 amide bonds. The average Bonchev–Trinajstić information content (AvgIpc) is 3.34. The summed E-state index contributed by atoms with van der Waals surface area (Å²) in [4.78, 5) is 0. The Balaban J connectivity index is 1.48. The Bertz CT molecular complexity index is 1820. The Morgan fingerprint density at radius 3 is 2.21 bits per heavy atom. The van der Waals surface area contributed by atoms with Crippen molar-refractivity contribution in [3.63, 3.8) is 0 Å². The number of fused-ring (bicyclic) bond motifs is 6. The highest BCUT2D eigenvalue weighted by Gasteiger charge is 2.50. The molecule has 0 N–H and O–H groups in total. The lowest BCUT2D eigenvalue weighted by Crippen LogP contribution is -2.62. The number of hydrogen-bond donors (Lipinski definition) is 0. The summed E-state index contributed by atoms with van der Waals surface area (Å²) in [5.74, 6) is 0.489. The zero-order valence-corrected chi connectivity index (χ0v) is 23.1. The third-order valence-electron chi connectivity index (χ3n) is 9.35. The van der Waals surface area contributed by atoms with Gasteiger partial charge in [-0.25, -0.2) is 0 Å². The van der Waals surface area contributed by atoms with E-state index in [1.807, 2.05) is 0 Å². The van der Waals surface area contributed by atoms with Crippen molar-refractivity contribution in [1.82, 2.24) is 4.57 Å². The minimum absolute atomic E-state index is 0.112. The van der Waals surface area contributed by atoms with Crippen LogP contribution < -0.4 is 4.57 Å². The van der Waals surface area contributed by atoms with E-state index in [-0.39, 0.29) is 5.54 Å². The molecule has 0 saturated heterocycles. The summed E-state index contributed by atoms with van der Waals surface area (Å²) in [5, 5.41) is 2.59. The van der Waals surface area contributed by atoms with Crippen molar-refractivity contribution in [3.8, 4) is 28.1 Å². The Hall–Kier alpha value is -4.17. The van der Waals surface area contributed by atoms with E-state index in [2.05, 4.69) is 145 Å². The molecule has 192 valence electrons. The highest BCUT2D eigenvalue weighted by Crippen LogP contribution is 2.47. The van der Waals surface area contributed by atoms with Gasteiger partial charge in [-0.3, -0.25) is 0 Å². The summed E-state index contributed by atoms with van der Waals surface area (Å²) < 4.78 is 5.04. The first-order chi connectivity index (χ1) is 19.2. The zero-order valence-electron chi connectivity index (χ0n) is 23.1. The molecule has 2 aromatic heterocycles. The standard InChI is InChI=1S/C37H35N2/c1-4-33-29-21-20-28(25-32(29)34-17-12-13-23-38(34)37(33,5-2)6-3)39-35-18-11-10-16-30(35)31-24-27(19-22-36(31)39)26-14-8-7-9-15-26/h7-25,33H,4-6H2,1-3H3/q+1. The van der Waals surface area contributed by atoms with E-state index >= 15 is 0 Å². The van der Waals surface area contributed by atoms with Crippen molar-refractivity contribution in [2.45, 2.75) is 51.5 Å². The number of nitrogens with zero attached hydrogens (tertiary/aromatic N) is 2. The van der Waals surface area contributed by atoms with Crippen LogP contribution in [0, 0.1) is 0 Å². The van der Waals surface area contributed by atoms with E-state index in [4.69, 9.17) is 0 Å². The zero-order chi connectivity index (χ0) is 26.6. The van der Waals surface area contributed by atoms with Crippen LogP contribution in [0.3, 0.4) is 0 Å². The maximum atomic E-state index is 2.59. The quantitative estimate of drug-likeness (QED) is 0.206. The molecule has 1 aliphatic heterocycles. The molecule has 4 aromatic carbocycles. The molecule has 0 spiro atoms. The van der Waals surface area contributed by atoms with Crippen molar-refractivity contribution < 1.29 is 4.57 Å². The summed E-state index contributed by atoms with van der Waals surface area (Å²) >= 11 is 0. The van der Waals surface area contributed by atoms with Crippen LogP contribution in [-0.2, 0) is 5.54 Å². The van der Waals surface area contributed by atoms with Gasteiger partial charge in [-0.1, -0.05) is 81.4 Å². The first kappa shape index (κ1) is 23.9. The summed E-state index contributed by atoms with van der Waals surface area (Å²) in [7, 11) is 0. The fraction of sp³-hybridized carbons (Fsp3) is 0.216. The first-order valence-corrected chi connectivity index (χ1v) is 14.4. The van der Waals surface area contributed by atoms with E-state index in [1.54, 1.807) is 0 Å². The van der Waals surface area contributed by atoms with Gasteiger partial charge in [-0.15, -0.1) is 0 Å². The summed E-state index contributed by atoms with van der Waals surface area (Å²) in [6.07, 6.45) is 5.70. The molecule has 1 unspecified atom stereocenters. The average molecular weight is 508 g/mol. The second-order valence-corrected chi connectivity index (χ2v) is 10.9. The SMILES string of the molecule is CCC1c2ccc(-n3c4ccccc4c4cc(-c5ccccc5)ccc43)cc2-c2cccc[n+]2C1(CC)CC. The predicted molar refractivity (Wildman–Crippen MR) is 163 cm³/mol. The molecule has 0 radical (unpaired) electrons. The molecule has 0 saturated carbocycles. The number of pyridine rings is 1. The van der Waals surface area contributed by atoms with Crippen molar-refractivity contribution in [1.29, 1.82) is 0 Å². The monoisotopic (exact) mass is 507 g/mol. The number of hydrogen-bond acceptors (Lipinski definition) is 0. The van der Waals surface area contributed by atoms with Crippen molar-refractivity contribution in [2.75, 3.05) is 0 Å². The third kappa shape index (κ3) is 3.44. The van der Waals surface area contributed by atoms with E-state index < -0.39 is 0 Å². The molecule has 2 heteroatoms. The summed E-state index contributed by atoms with van der Waals surface area (Å²) in [5.41, 5.74) is 10.5. The third-order valence-corrected chi connectivity index (χ3v) is 9.35. The fourth-order valence-electron chi connectivity index (χ4n) is 7.46. The molecule has 39 heavy (non-hydrogen) atoms. The molecule has 3 heterocycles. The molecular formula is C37H35N2+.